The van der Waals surface area contributed by atoms with Crippen molar-refractivity contribution >= 4 is 18.0 Å². The van der Waals surface area contributed by atoms with Crippen LogP contribution in [0, 0.1) is 0 Å². The highest BCUT2D eigenvalue weighted by Gasteiger charge is 2.53. The summed E-state index contributed by atoms with van der Waals surface area (Å²) in [5.74, 6) is 1.41. The van der Waals surface area contributed by atoms with Crippen molar-refractivity contribution in [3.05, 3.63) is 70.8 Å². The van der Waals surface area contributed by atoms with E-state index in [4.69, 9.17) is 9.47 Å². The van der Waals surface area contributed by atoms with Crippen LogP contribution < -0.4 is 9.47 Å². The van der Waals surface area contributed by atoms with Crippen molar-refractivity contribution < 1.29 is 28.7 Å². The molecule has 43 heavy (non-hydrogen) atoms. The van der Waals surface area contributed by atoms with E-state index in [9.17, 15) is 14.7 Å². The molecule has 6 rings (SSSR count). The average Bonchev–Trinajstić information content (AvgIpc) is 3.41. The van der Waals surface area contributed by atoms with Gasteiger partial charge in [0, 0.05) is 30.5 Å². The maximum atomic E-state index is 12.5. The Bertz CT molecular complexity index is 1380. The molecule has 0 radical (unpaired) electrons. The van der Waals surface area contributed by atoms with Crippen LogP contribution in [0.1, 0.15) is 109 Å². The molecule has 0 saturated heterocycles. The van der Waals surface area contributed by atoms with Gasteiger partial charge < -0.3 is 14.6 Å². The number of amides is 2. The number of fused-ring (bicyclic) bond motifs is 1. The van der Waals surface area contributed by atoms with Crippen LogP contribution in [0.4, 0.5) is 0 Å². The fraction of sp³-hybridized carbons (Fsp3) is 0.528. The van der Waals surface area contributed by atoms with Crippen LogP contribution in [0.15, 0.2) is 48.6 Å². The first kappa shape index (κ1) is 29.6. The largest absolute Gasteiger partial charge is 0.490 e. The van der Waals surface area contributed by atoms with E-state index in [2.05, 4.69) is 36.0 Å². The minimum atomic E-state index is -0.458. The molecule has 0 bridgehead atoms. The lowest BCUT2D eigenvalue weighted by molar-refractivity contribution is -0.493. The number of hydrogen-bond acceptors (Lipinski definition) is 5. The summed E-state index contributed by atoms with van der Waals surface area (Å²) in [6, 6.07) is 11.3. The van der Waals surface area contributed by atoms with Gasteiger partial charge in [-0.2, -0.15) is 0 Å². The van der Waals surface area contributed by atoms with Gasteiger partial charge in [-0.25, -0.2) is 4.58 Å². The van der Waals surface area contributed by atoms with Crippen molar-refractivity contribution in [1.29, 1.82) is 0 Å². The molecule has 1 N–H and O–H groups in total. The summed E-state index contributed by atoms with van der Waals surface area (Å²) in [5, 5.41) is 10.3. The summed E-state index contributed by atoms with van der Waals surface area (Å²) in [7, 11) is 2.12. The molecule has 1 aliphatic carbocycles. The summed E-state index contributed by atoms with van der Waals surface area (Å²) in [6.07, 6.45) is 18.8. The Kier molecular flexibility index (Phi) is 8.98. The molecule has 0 fully saturated rings. The van der Waals surface area contributed by atoms with Crippen molar-refractivity contribution in [2.75, 3.05) is 26.7 Å². The second-order valence-electron chi connectivity index (χ2n) is 12.7. The lowest BCUT2D eigenvalue weighted by atomic mass is 9.69. The quantitative estimate of drug-likeness (QED) is 0.126. The Morgan fingerprint density at radius 3 is 2.28 bits per heavy atom. The number of nitrogens with zero attached hydrogens (tertiary/aromatic N) is 2. The second-order valence-corrected chi connectivity index (χ2v) is 12.7. The number of rotatable bonds is 14. The summed E-state index contributed by atoms with van der Waals surface area (Å²) in [5.41, 5.74) is 3.30. The Balaban J connectivity index is 0.855. The molecule has 3 heterocycles. The monoisotopic (exact) mass is 585 g/mol. The van der Waals surface area contributed by atoms with E-state index in [-0.39, 0.29) is 23.3 Å². The first-order chi connectivity index (χ1) is 21.0. The Morgan fingerprint density at radius 2 is 1.58 bits per heavy atom. The zero-order chi connectivity index (χ0) is 29.8. The molecule has 3 aliphatic heterocycles. The topological polar surface area (TPSA) is 79.1 Å². The fourth-order valence-electron chi connectivity index (χ4n) is 7.28. The maximum absolute atomic E-state index is 12.5. The third kappa shape index (κ3) is 6.01. The number of carbonyl (C=O) groups is 2. The van der Waals surface area contributed by atoms with E-state index in [1.165, 1.54) is 48.1 Å². The van der Waals surface area contributed by atoms with E-state index in [1.807, 2.05) is 18.2 Å². The normalized spacial score (nSPS) is 23.4. The second kappa shape index (κ2) is 13.0. The lowest BCUT2D eigenvalue weighted by Crippen LogP contribution is -2.42. The Hall–Kier alpha value is -3.45. The predicted octanol–water partition coefficient (Wildman–Crippen LogP) is 6.05. The standard InChI is InChI=1S/C36H45N2O5/c1-37-22-20-36-19-18-27(39)24-31(36)43-33-30(17-16-26(25-37)32(33)36)42-23-13-9-7-5-3-2-4-6-8-12-21-38-34(40)28-14-10-11-15-29(28)35(38)41/h10-11,14-19,25,27,31,39H,2-9,12-13,20-24H2,1H3/q+1/t27-,31-,36-/m0/s1. The van der Waals surface area contributed by atoms with Crippen LogP contribution >= 0.6 is 0 Å². The summed E-state index contributed by atoms with van der Waals surface area (Å²) in [4.78, 5) is 26.3. The zero-order valence-electron chi connectivity index (χ0n) is 25.4. The molecule has 1 spiro atoms. The van der Waals surface area contributed by atoms with Gasteiger partial charge >= 0.3 is 0 Å². The van der Waals surface area contributed by atoms with Gasteiger partial charge in [-0.3, -0.25) is 14.5 Å². The SMILES string of the molecule is C[N+]1=Cc2ccc(OCCCCCCCCCCCCN3C(=O)c4ccccc4C3=O)c3c2[C@@]2(C=C[C@H](O)C[C@@H]2O3)CC1. The van der Waals surface area contributed by atoms with E-state index in [0.717, 1.165) is 56.6 Å². The minimum absolute atomic E-state index is 0.0535. The van der Waals surface area contributed by atoms with E-state index < -0.39 is 6.10 Å². The average molecular weight is 586 g/mol. The highest BCUT2D eigenvalue weighted by atomic mass is 16.5. The number of imide groups is 1. The highest BCUT2D eigenvalue weighted by Crippen LogP contribution is 2.54. The van der Waals surface area contributed by atoms with E-state index >= 15 is 0 Å². The van der Waals surface area contributed by atoms with Gasteiger partial charge in [0.25, 0.3) is 11.8 Å². The van der Waals surface area contributed by atoms with Crippen LogP contribution in [-0.4, -0.2) is 71.6 Å². The third-order valence-electron chi connectivity index (χ3n) is 9.67. The number of unbranched alkanes of at least 4 members (excludes halogenated alkanes) is 9. The molecule has 7 heteroatoms. The third-order valence-corrected chi connectivity index (χ3v) is 9.67. The molecular weight excluding hydrogens is 540 g/mol. The van der Waals surface area contributed by atoms with Crippen molar-refractivity contribution in [3.63, 3.8) is 0 Å². The zero-order valence-corrected chi connectivity index (χ0v) is 25.4. The number of aliphatic hydroxyl groups is 1. The van der Waals surface area contributed by atoms with Crippen molar-refractivity contribution in [2.24, 2.45) is 0 Å². The van der Waals surface area contributed by atoms with Crippen molar-refractivity contribution in [3.8, 4) is 11.5 Å². The molecular formula is C36H45N2O5+. The first-order valence-electron chi connectivity index (χ1n) is 16.3. The van der Waals surface area contributed by atoms with Gasteiger partial charge in [-0.15, -0.1) is 0 Å². The van der Waals surface area contributed by atoms with E-state index in [0.29, 0.717) is 30.7 Å². The Labute approximate surface area is 255 Å². The number of hydrogen-bond donors (Lipinski definition) is 1. The van der Waals surface area contributed by atoms with Gasteiger partial charge in [0.15, 0.2) is 17.7 Å². The molecule has 2 aromatic rings. The molecule has 0 saturated carbocycles. The smallest absolute Gasteiger partial charge is 0.261 e. The molecule has 0 aromatic heterocycles. The minimum Gasteiger partial charge on any atom is -0.490 e. The van der Waals surface area contributed by atoms with Gasteiger partial charge in [0.1, 0.15) is 19.7 Å². The van der Waals surface area contributed by atoms with Crippen LogP contribution in [0.5, 0.6) is 11.5 Å². The number of aliphatic hydroxyl groups excluding tert-OH is 1. The molecule has 0 unspecified atom stereocenters. The summed E-state index contributed by atoms with van der Waals surface area (Å²) < 4.78 is 15.1. The van der Waals surface area contributed by atoms with Gasteiger partial charge in [-0.05, 0) is 37.1 Å². The molecule has 3 atom stereocenters. The predicted molar refractivity (Wildman–Crippen MR) is 167 cm³/mol. The van der Waals surface area contributed by atoms with Crippen LogP contribution in [0.2, 0.25) is 0 Å². The van der Waals surface area contributed by atoms with Crippen LogP contribution in [0.3, 0.4) is 0 Å². The Morgan fingerprint density at radius 1 is 0.930 bits per heavy atom. The van der Waals surface area contributed by atoms with E-state index in [1.54, 1.807) is 12.1 Å². The molecule has 228 valence electrons. The molecule has 4 aliphatic rings. The summed E-state index contributed by atoms with van der Waals surface area (Å²) >= 11 is 0. The maximum Gasteiger partial charge on any atom is 0.261 e. The lowest BCUT2D eigenvalue weighted by Gasteiger charge is -2.34. The number of ether oxygens (including phenoxy) is 2. The van der Waals surface area contributed by atoms with Crippen molar-refractivity contribution in [2.45, 2.75) is 94.7 Å². The highest BCUT2D eigenvalue weighted by molar-refractivity contribution is 6.21. The van der Waals surface area contributed by atoms with Gasteiger partial charge in [0.05, 0.1) is 29.3 Å². The van der Waals surface area contributed by atoms with Crippen LogP contribution in [-0.2, 0) is 5.41 Å². The number of benzene rings is 2. The fourth-order valence-corrected chi connectivity index (χ4v) is 7.28. The summed E-state index contributed by atoms with van der Waals surface area (Å²) in [6.45, 7) is 2.15. The van der Waals surface area contributed by atoms with Gasteiger partial charge in [-0.1, -0.05) is 75.7 Å². The van der Waals surface area contributed by atoms with Crippen LogP contribution in [0.25, 0.3) is 0 Å². The van der Waals surface area contributed by atoms with Crippen molar-refractivity contribution in [1.82, 2.24) is 4.90 Å². The number of carbonyl (C=O) groups excluding carboxylic acids is 2. The first-order valence-corrected chi connectivity index (χ1v) is 16.3. The molecule has 2 amide bonds. The van der Waals surface area contributed by atoms with Gasteiger partial charge in [0.2, 0.25) is 0 Å². The molecule has 2 aromatic carbocycles. The molecule has 7 nitrogen and oxygen atoms in total.